The monoisotopic (exact) mass is 547 g/mol. The van der Waals surface area contributed by atoms with Crippen molar-refractivity contribution in [3.8, 4) is 6.07 Å². The van der Waals surface area contributed by atoms with Gasteiger partial charge in [0.2, 0.25) is 0 Å². The molecule has 1 atom stereocenters. The molecule has 2 aromatic carbocycles. The van der Waals surface area contributed by atoms with Gasteiger partial charge in [0.05, 0.1) is 16.8 Å². The molecule has 6 rings (SSSR count). The molecule has 0 spiro atoms. The van der Waals surface area contributed by atoms with Crippen LogP contribution in [0, 0.1) is 25.2 Å². The quantitative estimate of drug-likeness (QED) is 0.389. The average Bonchev–Trinajstić information content (AvgIpc) is 3.48. The first kappa shape index (κ1) is 26.9. The second kappa shape index (κ2) is 11.3. The van der Waals surface area contributed by atoms with Crippen molar-refractivity contribution < 1.29 is 4.79 Å². The number of nitriles is 1. The minimum Gasteiger partial charge on any atom is -0.368 e. The van der Waals surface area contributed by atoms with E-state index < -0.39 is 0 Å². The lowest BCUT2D eigenvalue weighted by molar-refractivity contribution is 0.0673. The number of amides is 1. The standard InChI is InChI=1S/C33H37N7O/c1-23-18-24(2)29(19-28(23)22-37-12-14-38(15-13-37)30-7-5-4-6-27(30)20-34)33(41)40-17-16-39(21-25(40)3)32-31-26(8-10-35-31)9-11-36-32/h4-11,18-19,25,35H,12-17,21-22H2,1-3H3/t25-/m0/s1. The summed E-state index contributed by atoms with van der Waals surface area (Å²) in [6.07, 6.45) is 3.81. The largest absolute Gasteiger partial charge is 0.368 e. The highest BCUT2D eigenvalue weighted by molar-refractivity contribution is 5.96. The van der Waals surface area contributed by atoms with Crippen molar-refractivity contribution in [2.75, 3.05) is 55.6 Å². The lowest BCUT2D eigenvalue weighted by atomic mass is 9.97. The Morgan fingerprint density at radius 3 is 2.56 bits per heavy atom. The minimum atomic E-state index is 0.0665. The van der Waals surface area contributed by atoms with Gasteiger partial charge >= 0.3 is 0 Å². The van der Waals surface area contributed by atoms with Gasteiger partial charge in [0, 0.05) is 81.7 Å². The van der Waals surface area contributed by atoms with Crippen molar-refractivity contribution in [2.45, 2.75) is 33.4 Å². The molecule has 0 unspecified atom stereocenters. The molecule has 210 valence electrons. The van der Waals surface area contributed by atoms with Crippen LogP contribution in [0.5, 0.6) is 0 Å². The van der Waals surface area contributed by atoms with Crippen LogP contribution in [0.1, 0.15) is 39.5 Å². The first-order valence-corrected chi connectivity index (χ1v) is 14.5. The van der Waals surface area contributed by atoms with Crippen LogP contribution in [0.15, 0.2) is 60.9 Å². The zero-order valence-corrected chi connectivity index (χ0v) is 24.1. The Labute approximate surface area is 241 Å². The molecule has 1 amide bonds. The van der Waals surface area contributed by atoms with Crippen LogP contribution in [-0.4, -0.2) is 77.5 Å². The van der Waals surface area contributed by atoms with E-state index in [-0.39, 0.29) is 11.9 Å². The number of benzene rings is 2. The number of H-pyrrole nitrogens is 1. The first-order chi connectivity index (χ1) is 19.9. The van der Waals surface area contributed by atoms with Crippen LogP contribution < -0.4 is 9.80 Å². The predicted octanol–water partition coefficient (Wildman–Crippen LogP) is 4.72. The Bertz CT molecular complexity index is 1610. The molecule has 2 fully saturated rings. The van der Waals surface area contributed by atoms with E-state index >= 15 is 0 Å². The van der Waals surface area contributed by atoms with Gasteiger partial charge in [-0.15, -0.1) is 0 Å². The number of pyridine rings is 1. The van der Waals surface area contributed by atoms with Gasteiger partial charge in [0.1, 0.15) is 6.07 Å². The maximum absolute atomic E-state index is 13.9. The zero-order valence-electron chi connectivity index (χ0n) is 24.1. The van der Waals surface area contributed by atoms with Crippen molar-refractivity contribution in [2.24, 2.45) is 0 Å². The second-order valence-electron chi connectivity index (χ2n) is 11.4. The molecule has 8 heteroatoms. The van der Waals surface area contributed by atoms with Crippen molar-refractivity contribution in [1.82, 2.24) is 19.8 Å². The summed E-state index contributed by atoms with van der Waals surface area (Å²) in [5.41, 5.74) is 7.06. The summed E-state index contributed by atoms with van der Waals surface area (Å²) < 4.78 is 0. The fourth-order valence-electron chi connectivity index (χ4n) is 6.34. The topological polar surface area (TPSA) is 82.5 Å². The van der Waals surface area contributed by atoms with Gasteiger partial charge in [0.25, 0.3) is 5.91 Å². The summed E-state index contributed by atoms with van der Waals surface area (Å²) in [6, 6.07) is 18.6. The number of nitrogens with one attached hydrogen (secondary N) is 1. The van der Waals surface area contributed by atoms with Crippen LogP contribution in [0.25, 0.3) is 10.9 Å². The highest BCUT2D eigenvalue weighted by atomic mass is 16.2. The number of fused-ring (bicyclic) bond motifs is 1. The molecule has 4 heterocycles. The SMILES string of the molecule is Cc1cc(C)c(C(=O)N2CCN(c3nccc4cc[nH]c34)C[C@@H]2C)cc1CN1CCN(c2ccccc2C#N)CC1. The Kier molecular flexibility index (Phi) is 7.38. The maximum atomic E-state index is 13.9. The smallest absolute Gasteiger partial charge is 0.254 e. The third-order valence-electron chi connectivity index (χ3n) is 8.69. The zero-order chi connectivity index (χ0) is 28.5. The lowest BCUT2D eigenvalue weighted by Crippen LogP contribution is -2.54. The number of carbonyl (C=O) groups excluding carboxylic acids is 1. The van der Waals surface area contributed by atoms with Crippen molar-refractivity contribution in [1.29, 1.82) is 5.26 Å². The van der Waals surface area contributed by atoms with Gasteiger partial charge in [-0.2, -0.15) is 5.26 Å². The Hall–Kier alpha value is -4.35. The number of hydrogen-bond donors (Lipinski definition) is 1. The van der Waals surface area contributed by atoms with Crippen LogP contribution in [0.2, 0.25) is 0 Å². The number of aromatic nitrogens is 2. The number of rotatable bonds is 5. The predicted molar refractivity (Wildman–Crippen MR) is 163 cm³/mol. The van der Waals surface area contributed by atoms with E-state index in [4.69, 9.17) is 0 Å². The van der Waals surface area contributed by atoms with Gasteiger partial charge in [-0.05, 0) is 67.8 Å². The molecule has 0 radical (unpaired) electrons. The number of hydrogen-bond acceptors (Lipinski definition) is 6. The van der Waals surface area contributed by atoms with Crippen LogP contribution in [-0.2, 0) is 6.54 Å². The molecule has 2 saturated heterocycles. The highest BCUT2D eigenvalue weighted by Gasteiger charge is 2.31. The number of anilines is 2. The van der Waals surface area contributed by atoms with Crippen LogP contribution in [0.4, 0.5) is 11.5 Å². The Balaban J connectivity index is 1.13. The minimum absolute atomic E-state index is 0.0665. The average molecular weight is 548 g/mol. The van der Waals surface area contributed by atoms with E-state index in [2.05, 4.69) is 62.8 Å². The van der Waals surface area contributed by atoms with Gasteiger partial charge in [-0.25, -0.2) is 4.98 Å². The Morgan fingerprint density at radius 1 is 1.00 bits per heavy atom. The summed E-state index contributed by atoms with van der Waals surface area (Å²) in [5.74, 6) is 1.07. The molecule has 0 saturated carbocycles. The van der Waals surface area contributed by atoms with E-state index in [1.165, 1.54) is 11.1 Å². The normalized spacial score (nSPS) is 18.1. The molecule has 0 aliphatic carbocycles. The number of para-hydroxylation sites is 1. The summed E-state index contributed by atoms with van der Waals surface area (Å²) in [6.45, 7) is 12.9. The number of aromatic amines is 1. The molecule has 8 nitrogen and oxygen atoms in total. The van der Waals surface area contributed by atoms with Crippen molar-refractivity contribution >= 4 is 28.3 Å². The van der Waals surface area contributed by atoms with E-state index in [9.17, 15) is 10.1 Å². The molecule has 1 N–H and O–H groups in total. The fraction of sp³-hybridized carbons (Fsp3) is 0.364. The molecular weight excluding hydrogens is 510 g/mol. The lowest BCUT2D eigenvalue weighted by Gasteiger charge is -2.41. The molecule has 2 aliphatic rings. The van der Waals surface area contributed by atoms with Gasteiger partial charge in [-0.3, -0.25) is 9.69 Å². The third kappa shape index (κ3) is 5.25. The molecule has 2 aliphatic heterocycles. The van der Waals surface area contributed by atoms with E-state index in [0.717, 1.165) is 84.9 Å². The number of carbonyl (C=O) groups is 1. The molecule has 0 bridgehead atoms. The molecule has 2 aromatic heterocycles. The highest BCUT2D eigenvalue weighted by Crippen LogP contribution is 2.27. The van der Waals surface area contributed by atoms with Crippen LogP contribution >= 0.6 is 0 Å². The van der Waals surface area contributed by atoms with Crippen molar-refractivity contribution in [3.63, 3.8) is 0 Å². The second-order valence-corrected chi connectivity index (χ2v) is 11.4. The van der Waals surface area contributed by atoms with Gasteiger partial charge < -0.3 is 19.7 Å². The van der Waals surface area contributed by atoms with Gasteiger partial charge in [-0.1, -0.05) is 18.2 Å². The van der Waals surface area contributed by atoms with E-state index in [1.54, 1.807) is 0 Å². The summed E-state index contributed by atoms with van der Waals surface area (Å²) in [4.78, 5) is 30.9. The van der Waals surface area contributed by atoms with Crippen molar-refractivity contribution in [3.05, 3.63) is 88.7 Å². The fourth-order valence-corrected chi connectivity index (χ4v) is 6.34. The Morgan fingerprint density at radius 2 is 1.78 bits per heavy atom. The number of piperazine rings is 2. The van der Waals surface area contributed by atoms with Gasteiger partial charge in [0.15, 0.2) is 5.82 Å². The number of aryl methyl sites for hydroxylation is 2. The molecular formula is C33H37N7O. The molecule has 41 heavy (non-hydrogen) atoms. The maximum Gasteiger partial charge on any atom is 0.254 e. The summed E-state index contributed by atoms with van der Waals surface area (Å²) in [5, 5.41) is 10.7. The molecule has 4 aromatic rings. The first-order valence-electron chi connectivity index (χ1n) is 14.5. The van der Waals surface area contributed by atoms with E-state index in [0.29, 0.717) is 6.54 Å². The third-order valence-corrected chi connectivity index (χ3v) is 8.69. The number of nitrogens with zero attached hydrogens (tertiary/aromatic N) is 6. The van der Waals surface area contributed by atoms with E-state index in [1.807, 2.05) is 54.5 Å². The van der Waals surface area contributed by atoms with Crippen LogP contribution in [0.3, 0.4) is 0 Å². The summed E-state index contributed by atoms with van der Waals surface area (Å²) >= 11 is 0. The summed E-state index contributed by atoms with van der Waals surface area (Å²) in [7, 11) is 0.